The van der Waals surface area contributed by atoms with Gasteiger partial charge in [-0.1, -0.05) is 48.5 Å². The monoisotopic (exact) mass is 379 g/mol. The summed E-state index contributed by atoms with van der Waals surface area (Å²) in [5.74, 6) is -0.304. The number of hydrogen-bond donors (Lipinski definition) is 1. The van der Waals surface area contributed by atoms with Crippen LogP contribution in [0, 0.1) is 0 Å². The summed E-state index contributed by atoms with van der Waals surface area (Å²) in [6, 6.07) is 17.1. The van der Waals surface area contributed by atoms with Gasteiger partial charge in [0.1, 0.15) is 0 Å². The number of carbonyl (C=O) groups excluding carboxylic acids is 1. The van der Waals surface area contributed by atoms with Crippen LogP contribution >= 0.6 is 0 Å². The highest BCUT2D eigenvalue weighted by molar-refractivity contribution is 5.93. The van der Waals surface area contributed by atoms with E-state index in [0.717, 1.165) is 6.54 Å². The lowest BCUT2D eigenvalue weighted by molar-refractivity contribution is -0.130. The smallest absolute Gasteiger partial charge is 0.295 e. The van der Waals surface area contributed by atoms with Gasteiger partial charge in [-0.2, -0.15) is 4.99 Å². The number of aliphatic imine (C=N–C) groups is 1. The largest absolute Gasteiger partial charge is 0.465 e. The Kier molecular flexibility index (Phi) is 5.69. The van der Waals surface area contributed by atoms with E-state index >= 15 is 0 Å². The number of nitrogens with zero attached hydrogens (tertiary/aromatic N) is 2. The third-order valence-electron chi connectivity index (χ3n) is 5.00. The third kappa shape index (κ3) is 3.93. The maximum atomic E-state index is 12.6. The Morgan fingerprint density at radius 1 is 1.14 bits per heavy atom. The summed E-state index contributed by atoms with van der Waals surface area (Å²) >= 11 is 0. The quantitative estimate of drug-likeness (QED) is 0.642. The van der Waals surface area contributed by atoms with E-state index in [2.05, 4.69) is 46.7 Å². The number of benzene rings is 2. The second kappa shape index (κ2) is 8.54. The highest BCUT2D eigenvalue weighted by Crippen LogP contribution is 2.32. The molecule has 1 fully saturated rings. The lowest BCUT2D eigenvalue weighted by Crippen LogP contribution is -2.43. The third-order valence-corrected chi connectivity index (χ3v) is 5.00. The topological polar surface area (TPSA) is 63.2 Å². The van der Waals surface area contributed by atoms with E-state index in [1.54, 1.807) is 0 Å². The first kappa shape index (κ1) is 18.7. The minimum atomic E-state index is -0.559. The van der Waals surface area contributed by atoms with Gasteiger partial charge in [-0.25, -0.2) is 0 Å². The predicted molar refractivity (Wildman–Crippen MR) is 108 cm³/mol. The van der Waals surface area contributed by atoms with E-state index in [4.69, 9.17) is 9.47 Å². The molecule has 2 aliphatic rings. The molecule has 6 heteroatoms. The highest BCUT2D eigenvalue weighted by Gasteiger charge is 2.26. The molecular formula is C22H25N3O3. The van der Waals surface area contributed by atoms with Crippen LogP contribution < -0.4 is 5.32 Å². The fraction of sp³-hybridized carbons (Fsp3) is 0.364. The zero-order chi connectivity index (χ0) is 19.3. The highest BCUT2D eigenvalue weighted by atomic mass is 16.5. The molecule has 1 saturated heterocycles. The van der Waals surface area contributed by atoms with E-state index in [1.165, 1.54) is 22.3 Å². The van der Waals surface area contributed by atoms with E-state index in [0.29, 0.717) is 38.9 Å². The van der Waals surface area contributed by atoms with Gasteiger partial charge in [0.05, 0.1) is 13.2 Å². The molecule has 146 valence electrons. The zero-order valence-corrected chi connectivity index (χ0v) is 16.1. The molecule has 1 N–H and O–H groups in total. The van der Waals surface area contributed by atoms with Crippen molar-refractivity contribution < 1.29 is 14.3 Å². The standard InChI is InChI=1S/C22H25N3O3/c1-2-27-22(24-21(26)20-13-23-11-12-28-20)25-14-16-7-3-5-9-18(16)19-10-6-4-8-17(19)15-25/h3-10,20,23H,2,11-15H2,1H3/b24-22-. The van der Waals surface area contributed by atoms with Crippen LogP contribution in [0.4, 0.5) is 0 Å². The van der Waals surface area contributed by atoms with Crippen molar-refractivity contribution in [3.63, 3.8) is 0 Å². The first-order valence-corrected chi connectivity index (χ1v) is 9.75. The summed E-state index contributed by atoms with van der Waals surface area (Å²) in [5, 5.41) is 3.17. The molecule has 0 aliphatic carbocycles. The van der Waals surface area contributed by atoms with Crippen LogP contribution in [0.15, 0.2) is 53.5 Å². The van der Waals surface area contributed by atoms with Gasteiger partial charge in [0, 0.05) is 26.2 Å². The summed E-state index contributed by atoms with van der Waals surface area (Å²) in [4.78, 5) is 19.0. The van der Waals surface area contributed by atoms with Crippen LogP contribution in [0.1, 0.15) is 18.1 Å². The predicted octanol–water partition coefficient (Wildman–Crippen LogP) is 2.58. The van der Waals surface area contributed by atoms with E-state index in [1.807, 2.05) is 24.0 Å². The number of hydrogen-bond acceptors (Lipinski definition) is 4. The lowest BCUT2D eigenvalue weighted by atomic mass is 9.97. The number of ether oxygens (including phenoxy) is 2. The molecule has 2 heterocycles. The molecular weight excluding hydrogens is 354 g/mol. The van der Waals surface area contributed by atoms with Crippen molar-refractivity contribution in [3.8, 4) is 11.1 Å². The van der Waals surface area contributed by atoms with Crippen molar-refractivity contribution in [2.75, 3.05) is 26.3 Å². The Labute approximate surface area is 165 Å². The molecule has 2 aromatic rings. The number of rotatable bonds is 2. The van der Waals surface area contributed by atoms with Crippen LogP contribution in [0.25, 0.3) is 11.1 Å². The van der Waals surface area contributed by atoms with Gasteiger partial charge in [-0.15, -0.1) is 0 Å². The molecule has 1 amide bonds. The molecule has 4 rings (SSSR count). The van der Waals surface area contributed by atoms with Crippen molar-refractivity contribution in [1.29, 1.82) is 0 Å². The first-order chi connectivity index (χ1) is 13.8. The van der Waals surface area contributed by atoms with E-state index in [-0.39, 0.29) is 5.91 Å². The molecule has 0 radical (unpaired) electrons. The number of amidine groups is 1. The number of carbonyl (C=O) groups is 1. The van der Waals surface area contributed by atoms with Crippen molar-refractivity contribution in [3.05, 3.63) is 59.7 Å². The van der Waals surface area contributed by atoms with Crippen molar-refractivity contribution in [2.45, 2.75) is 26.1 Å². The minimum absolute atomic E-state index is 0.304. The lowest BCUT2D eigenvalue weighted by Gasteiger charge is -2.25. The molecule has 0 saturated carbocycles. The molecule has 2 aliphatic heterocycles. The Balaban J connectivity index is 1.68. The van der Waals surface area contributed by atoms with Crippen LogP contribution in [-0.4, -0.2) is 49.2 Å². The molecule has 0 aromatic heterocycles. The van der Waals surface area contributed by atoms with E-state index < -0.39 is 6.10 Å². The van der Waals surface area contributed by atoms with Crippen LogP contribution in [0.2, 0.25) is 0 Å². The molecule has 0 spiro atoms. The summed E-state index contributed by atoms with van der Waals surface area (Å²) < 4.78 is 11.4. The van der Waals surface area contributed by atoms with Gasteiger partial charge in [0.2, 0.25) is 0 Å². The van der Waals surface area contributed by atoms with Crippen molar-refractivity contribution in [2.24, 2.45) is 4.99 Å². The van der Waals surface area contributed by atoms with Gasteiger partial charge in [0.15, 0.2) is 6.10 Å². The van der Waals surface area contributed by atoms with Crippen molar-refractivity contribution in [1.82, 2.24) is 10.2 Å². The Hall–Kier alpha value is -2.70. The van der Waals surface area contributed by atoms with Gasteiger partial charge in [-0.3, -0.25) is 4.79 Å². The fourth-order valence-electron chi connectivity index (χ4n) is 3.66. The number of nitrogens with one attached hydrogen (secondary N) is 1. The molecule has 0 bridgehead atoms. The summed E-state index contributed by atoms with van der Waals surface area (Å²) in [5.41, 5.74) is 4.79. The molecule has 1 atom stereocenters. The van der Waals surface area contributed by atoms with Crippen LogP contribution in [0.3, 0.4) is 0 Å². The average molecular weight is 379 g/mol. The summed E-state index contributed by atoms with van der Waals surface area (Å²) in [6.45, 7) is 5.34. The number of morpholine rings is 1. The van der Waals surface area contributed by atoms with Crippen LogP contribution in [-0.2, 0) is 27.4 Å². The number of fused-ring (bicyclic) bond motifs is 3. The second-order valence-corrected chi connectivity index (χ2v) is 6.90. The average Bonchev–Trinajstić information content (AvgIpc) is 2.91. The zero-order valence-electron chi connectivity index (χ0n) is 16.1. The maximum absolute atomic E-state index is 12.6. The summed E-state index contributed by atoms with van der Waals surface area (Å²) in [7, 11) is 0. The number of amides is 1. The van der Waals surface area contributed by atoms with E-state index in [9.17, 15) is 4.79 Å². The Morgan fingerprint density at radius 2 is 1.79 bits per heavy atom. The maximum Gasteiger partial charge on any atom is 0.295 e. The van der Waals surface area contributed by atoms with Crippen LogP contribution in [0.5, 0.6) is 0 Å². The first-order valence-electron chi connectivity index (χ1n) is 9.75. The summed E-state index contributed by atoms with van der Waals surface area (Å²) in [6.07, 6.45) is -0.559. The normalized spacial score (nSPS) is 19.4. The SMILES string of the molecule is CCO/C(=N\C(=O)C1CNCCO1)N1Cc2ccccc2-c2ccccc2C1. The molecule has 6 nitrogen and oxygen atoms in total. The van der Waals surface area contributed by atoms with Gasteiger partial charge < -0.3 is 19.7 Å². The second-order valence-electron chi connectivity index (χ2n) is 6.90. The fourth-order valence-corrected chi connectivity index (χ4v) is 3.66. The Bertz CT molecular complexity index is 827. The molecule has 1 unspecified atom stereocenters. The minimum Gasteiger partial charge on any atom is -0.465 e. The van der Waals surface area contributed by atoms with Gasteiger partial charge in [0.25, 0.3) is 11.9 Å². The van der Waals surface area contributed by atoms with Crippen molar-refractivity contribution >= 4 is 11.9 Å². The molecule has 2 aromatic carbocycles. The van der Waals surface area contributed by atoms with Gasteiger partial charge >= 0.3 is 0 Å². The van der Waals surface area contributed by atoms with Gasteiger partial charge in [-0.05, 0) is 29.2 Å². The molecule has 28 heavy (non-hydrogen) atoms. The Morgan fingerprint density at radius 3 is 2.36 bits per heavy atom.